The van der Waals surface area contributed by atoms with Gasteiger partial charge in [0.05, 0.1) is 23.5 Å². The molecule has 0 bridgehead atoms. The van der Waals surface area contributed by atoms with Crippen LogP contribution in [0.25, 0.3) is 10.9 Å². The Morgan fingerprint density at radius 2 is 1.96 bits per heavy atom. The number of benzene rings is 2. The summed E-state index contributed by atoms with van der Waals surface area (Å²) in [6, 6.07) is 15.4. The summed E-state index contributed by atoms with van der Waals surface area (Å²) in [6.45, 7) is 0.661. The molecule has 8 heteroatoms. The zero-order valence-electron chi connectivity index (χ0n) is 14.0. The first-order chi connectivity index (χ1) is 13.0. The van der Waals surface area contributed by atoms with Gasteiger partial charge in [0, 0.05) is 22.5 Å². The number of hydrogen-bond acceptors (Lipinski definition) is 5. The number of nitrogens with zero attached hydrogens (tertiary/aromatic N) is 3. The summed E-state index contributed by atoms with van der Waals surface area (Å²) >= 11 is 5.89. The number of nitro groups is 1. The minimum Gasteiger partial charge on any atom is -0.471 e. The Morgan fingerprint density at radius 1 is 1.19 bits per heavy atom. The summed E-state index contributed by atoms with van der Waals surface area (Å²) in [5, 5.41) is 12.4. The summed E-state index contributed by atoms with van der Waals surface area (Å²) in [7, 11) is 0. The first-order valence-corrected chi connectivity index (χ1v) is 8.65. The van der Waals surface area contributed by atoms with E-state index >= 15 is 0 Å². The Hall–Kier alpha value is -3.19. The van der Waals surface area contributed by atoms with Gasteiger partial charge >= 0.3 is 0 Å². The van der Waals surface area contributed by atoms with Crippen LogP contribution in [0.4, 0.5) is 5.69 Å². The number of ether oxygens (including phenoxy) is 1. The van der Waals surface area contributed by atoms with Crippen molar-refractivity contribution in [2.45, 2.75) is 6.10 Å². The highest BCUT2D eigenvalue weighted by Gasteiger charge is 2.35. The van der Waals surface area contributed by atoms with Crippen molar-refractivity contribution in [3.8, 4) is 5.88 Å². The van der Waals surface area contributed by atoms with E-state index in [0.717, 1.165) is 10.9 Å². The predicted octanol–water partition coefficient (Wildman–Crippen LogP) is 3.70. The molecule has 2 heterocycles. The number of para-hydroxylation sites is 1. The van der Waals surface area contributed by atoms with Gasteiger partial charge in [-0.05, 0) is 24.3 Å². The van der Waals surface area contributed by atoms with Crippen LogP contribution in [-0.2, 0) is 0 Å². The number of pyridine rings is 1. The normalized spacial score (nSPS) is 14.0. The summed E-state index contributed by atoms with van der Waals surface area (Å²) in [5.41, 5.74) is 0.552. The van der Waals surface area contributed by atoms with E-state index in [1.807, 2.05) is 30.3 Å². The van der Waals surface area contributed by atoms with Gasteiger partial charge in [-0.1, -0.05) is 29.8 Å². The number of carbonyl (C=O) groups is 1. The van der Waals surface area contributed by atoms with E-state index < -0.39 is 10.8 Å². The molecule has 2 aromatic carbocycles. The van der Waals surface area contributed by atoms with E-state index in [4.69, 9.17) is 16.3 Å². The number of fused-ring (bicyclic) bond motifs is 1. The van der Waals surface area contributed by atoms with Gasteiger partial charge < -0.3 is 9.64 Å². The van der Waals surface area contributed by atoms with Crippen LogP contribution in [0, 0.1) is 10.1 Å². The molecule has 1 aliphatic rings. The molecule has 1 aromatic heterocycles. The van der Waals surface area contributed by atoms with Crippen LogP contribution in [0.15, 0.2) is 54.6 Å². The fourth-order valence-corrected chi connectivity index (χ4v) is 3.14. The molecule has 0 spiro atoms. The number of halogens is 1. The molecule has 1 amide bonds. The van der Waals surface area contributed by atoms with Crippen LogP contribution in [-0.4, -0.2) is 39.9 Å². The maximum absolute atomic E-state index is 12.6. The van der Waals surface area contributed by atoms with Crippen LogP contribution >= 0.6 is 11.6 Å². The molecular formula is C19H14ClN3O4. The predicted molar refractivity (Wildman–Crippen MR) is 100 cm³/mol. The van der Waals surface area contributed by atoms with E-state index in [1.54, 1.807) is 6.07 Å². The first-order valence-electron chi connectivity index (χ1n) is 8.27. The minimum absolute atomic E-state index is 0.0187. The number of nitro benzene ring substituents is 1. The molecule has 1 aliphatic heterocycles. The molecule has 4 rings (SSSR count). The highest BCUT2D eigenvalue weighted by atomic mass is 35.5. The number of rotatable bonds is 4. The van der Waals surface area contributed by atoms with Gasteiger partial charge in [0.15, 0.2) is 0 Å². The Morgan fingerprint density at radius 3 is 2.74 bits per heavy atom. The zero-order chi connectivity index (χ0) is 19.0. The number of carbonyl (C=O) groups excluding carboxylic acids is 1. The van der Waals surface area contributed by atoms with Gasteiger partial charge in [-0.15, -0.1) is 0 Å². The van der Waals surface area contributed by atoms with Crippen molar-refractivity contribution in [3.63, 3.8) is 0 Å². The molecule has 0 unspecified atom stereocenters. The molecule has 0 saturated carbocycles. The van der Waals surface area contributed by atoms with Crippen molar-refractivity contribution in [2.75, 3.05) is 13.1 Å². The SMILES string of the molecule is O=C(c1cc(Cl)ccc1[N+](=O)[O-])N1CC(Oc2ccc3ccccc3n2)C1. The molecule has 0 N–H and O–H groups in total. The average Bonchev–Trinajstić information content (AvgIpc) is 2.63. The van der Waals surface area contributed by atoms with E-state index in [-0.39, 0.29) is 22.4 Å². The molecule has 27 heavy (non-hydrogen) atoms. The van der Waals surface area contributed by atoms with Crippen LogP contribution in [0.1, 0.15) is 10.4 Å². The zero-order valence-corrected chi connectivity index (χ0v) is 14.8. The second kappa shape index (κ2) is 6.85. The van der Waals surface area contributed by atoms with Gasteiger partial charge in [0.2, 0.25) is 5.88 Å². The Labute approximate surface area is 159 Å². The summed E-state index contributed by atoms with van der Waals surface area (Å²) in [4.78, 5) is 29.1. The Bertz CT molecular complexity index is 1050. The monoisotopic (exact) mass is 383 g/mol. The fraction of sp³-hybridized carbons (Fsp3) is 0.158. The minimum atomic E-state index is -0.587. The lowest BCUT2D eigenvalue weighted by molar-refractivity contribution is -0.385. The maximum atomic E-state index is 12.6. The van der Waals surface area contributed by atoms with Crippen LogP contribution in [0.3, 0.4) is 0 Å². The first kappa shape index (κ1) is 17.2. The number of aromatic nitrogens is 1. The molecule has 1 saturated heterocycles. The number of hydrogen-bond donors (Lipinski definition) is 0. The van der Waals surface area contributed by atoms with Gasteiger partial charge in [-0.2, -0.15) is 0 Å². The second-order valence-electron chi connectivity index (χ2n) is 6.21. The van der Waals surface area contributed by atoms with Crippen molar-refractivity contribution in [3.05, 3.63) is 75.3 Å². The van der Waals surface area contributed by atoms with Gasteiger partial charge in [-0.3, -0.25) is 14.9 Å². The van der Waals surface area contributed by atoms with Gasteiger partial charge in [0.1, 0.15) is 11.7 Å². The van der Waals surface area contributed by atoms with Crippen LogP contribution in [0.5, 0.6) is 5.88 Å². The van der Waals surface area contributed by atoms with Crippen molar-refractivity contribution in [1.29, 1.82) is 0 Å². The fourth-order valence-electron chi connectivity index (χ4n) is 2.97. The third-order valence-electron chi connectivity index (χ3n) is 4.38. The summed E-state index contributed by atoms with van der Waals surface area (Å²) < 4.78 is 5.81. The Kier molecular flexibility index (Phi) is 4.37. The van der Waals surface area contributed by atoms with Crippen LogP contribution < -0.4 is 4.74 Å². The van der Waals surface area contributed by atoms with E-state index in [0.29, 0.717) is 19.0 Å². The van der Waals surface area contributed by atoms with E-state index in [1.165, 1.54) is 23.1 Å². The molecule has 0 aliphatic carbocycles. The molecule has 0 atom stereocenters. The smallest absolute Gasteiger partial charge is 0.282 e. The number of likely N-dealkylation sites (tertiary alicyclic amines) is 1. The second-order valence-corrected chi connectivity index (χ2v) is 6.65. The topological polar surface area (TPSA) is 85.6 Å². The standard InChI is InChI=1S/C19H14ClN3O4/c20-13-6-7-17(23(25)26)15(9-13)19(24)22-10-14(11-22)27-18-8-5-12-3-1-2-4-16(12)21-18/h1-9,14H,10-11H2. The molecule has 7 nitrogen and oxygen atoms in total. The molecule has 0 radical (unpaired) electrons. The van der Waals surface area contributed by atoms with Crippen LogP contribution in [0.2, 0.25) is 5.02 Å². The summed E-state index contributed by atoms with van der Waals surface area (Å²) in [5.74, 6) is 0.0510. The van der Waals surface area contributed by atoms with Crippen molar-refractivity contribution < 1.29 is 14.5 Å². The van der Waals surface area contributed by atoms with E-state index in [2.05, 4.69) is 4.98 Å². The van der Waals surface area contributed by atoms with Crippen molar-refractivity contribution >= 4 is 34.1 Å². The lowest BCUT2D eigenvalue weighted by Crippen LogP contribution is -2.56. The van der Waals surface area contributed by atoms with E-state index in [9.17, 15) is 14.9 Å². The maximum Gasteiger partial charge on any atom is 0.282 e. The Balaban J connectivity index is 1.44. The van der Waals surface area contributed by atoms with Gasteiger partial charge in [0.25, 0.3) is 11.6 Å². The highest BCUT2D eigenvalue weighted by Crippen LogP contribution is 2.27. The average molecular weight is 384 g/mol. The molecule has 136 valence electrons. The number of amides is 1. The quantitative estimate of drug-likeness (QED) is 0.506. The summed E-state index contributed by atoms with van der Waals surface area (Å²) in [6.07, 6.45) is -0.208. The lowest BCUT2D eigenvalue weighted by Gasteiger charge is -2.38. The third kappa shape index (κ3) is 3.41. The molecule has 1 fully saturated rings. The molecule has 3 aromatic rings. The van der Waals surface area contributed by atoms with Crippen molar-refractivity contribution in [1.82, 2.24) is 9.88 Å². The molecular weight excluding hydrogens is 370 g/mol. The largest absolute Gasteiger partial charge is 0.471 e. The highest BCUT2D eigenvalue weighted by molar-refractivity contribution is 6.31. The third-order valence-corrected chi connectivity index (χ3v) is 4.62. The van der Waals surface area contributed by atoms with Gasteiger partial charge in [-0.25, -0.2) is 4.98 Å². The lowest BCUT2D eigenvalue weighted by atomic mass is 10.1. The van der Waals surface area contributed by atoms with Crippen molar-refractivity contribution in [2.24, 2.45) is 0 Å².